The minimum atomic E-state index is -4.33. The lowest BCUT2D eigenvalue weighted by Crippen LogP contribution is -2.41. The van der Waals surface area contributed by atoms with Crippen LogP contribution in [0.2, 0.25) is 0 Å². The van der Waals surface area contributed by atoms with Crippen LogP contribution in [-0.4, -0.2) is 35.8 Å². The van der Waals surface area contributed by atoms with E-state index < -0.39 is 18.9 Å². The number of ether oxygens (including phenoxy) is 1. The van der Waals surface area contributed by atoms with Gasteiger partial charge in [-0.25, -0.2) is 4.98 Å². The molecule has 1 aliphatic carbocycles. The number of aromatic nitrogens is 1. The topological polar surface area (TPSA) is 77.2 Å². The Morgan fingerprint density at radius 1 is 1.52 bits per heavy atom. The Hall–Kier alpha value is -1.35. The average molecular weight is 323 g/mol. The van der Waals surface area contributed by atoms with Gasteiger partial charge in [-0.1, -0.05) is 0 Å². The lowest BCUT2D eigenvalue weighted by Gasteiger charge is -2.29. The number of amides is 1. The molecule has 1 aliphatic rings. The summed E-state index contributed by atoms with van der Waals surface area (Å²) in [5.74, 6) is -0.357. The third-order valence-electron chi connectivity index (χ3n) is 3.20. The van der Waals surface area contributed by atoms with E-state index in [0.717, 1.165) is 17.8 Å². The SMILES string of the molecule is Nc1nc(C(=O)NC2CCCC(OCC(F)(F)F)C2)cs1. The number of hydrogen-bond acceptors (Lipinski definition) is 5. The molecule has 0 saturated heterocycles. The molecule has 3 N–H and O–H groups in total. The van der Waals surface area contributed by atoms with Gasteiger partial charge in [-0.2, -0.15) is 13.2 Å². The molecule has 0 bridgehead atoms. The Labute approximate surface area is 123 Å². The summed E-state index contributed by atoms with van der Waals surface area (Å²) in [6, 6.07) is -0.201. The van der Waals surface area contributed by atoms with Crippen LogP contribution in [0.3, 0.4) is 0 Å². The molecule has 2 rings (SSSR count). The average Bonchev–Trinajstić information content (AvgIpc) is 2.83. The Bertz CT molecular complexity index is 492. The van der Waals surface area contributed by atoms with E-state index in [9.17, 15) is 18.0 Å². The van der Waals surface area contributed by atoms with Crippen molar-refractivity contribution in [1.29, 1.82) is 0 Å². The molecule has 5 nitrogen and oxygen atoms in total. The van der Waals surface area contributed by atoms with Crippen LogP contribution in [0.25, 0.3) is 0 Å². The van der Waals surface area contributed by atoms with Gasteiger partial charge in [-0.15, -0.1) is 11.3 Å². The van der Waals surface area contributed by atoms with Crippen LogP contribution in [-0.2, 0) is 4.74 Å². The molecule has 1 amide bonds. The van der Waals surface area contributed by atoms with Gasteiger partial charge in [0.2, 0.25) is 0 Å². The maximum atomic E-state index is 12.1. The van der Waals surface area contributed by atoms with Gasteiger partial charge in [0, 0.05) is 11.4 Å². The highest BCUT2D eigenvalue weighted by atomic mass is 32.1. The normalized spacial score (nSPS) is 23.0. The van der Waals surface area contributed by atoms with E-state index in [1.165, 1.54) is 0 Å². The molecule has 21 heavy (non-hydrogen) atoms. The van der Waals surface area contributed by atoms with Gasteiger partial charge in [0.25, 0.3) is 5.91 Å². The first-order chi connectivity index (χ1) is 9.83. The summed E-state index contributed by atoms with van der Waals surface area (Å²) >= 11 is 1.16. The van der Waals surface area contributed by atoms with Gasteiger partial charge in [-0.05, 0) is 25.7 Å². The third-order valence-corrected chi connectivity index (χ3v) is 3.87. The molecule has 0 aliphatic heterocycles. The maximum Gasteiger partial charge on any atom is 0.411 e. The van der Waals surface area contributed by atoms with E-state index >= 15 is 0 Å². The number of carbonyl (C=O) groups excluding carboxylic acids is 1. The molecular weight excluding hydrogens is 307 g/mol. The number of nitrogens with one attached hydrogen (secondary N) is 1. The van der Waals surface area contributed by atoms with Crippen LogP contribution in [0, 0.1) is 0 Å². The molecule has 1 aromatic rings. The summed E-state index contributed by atoms with van der Waals surface area (Å²) in [5, 5.41) is 4.61. The number of nitrogens with two attached hydrogens (primary N) is 1. The summed E-state index contributed by atoms with van der Waals surface area (Å²) in [6.45, 7) is -1.25. The summed E-state index contributed by atoms with van der Waals surface area (Å²) < 4.78 is 41.2. The zero-order valence-electron chi connectivity index (χ0n) is 11.2. The summed E-state index contributed by atoms with van der Waals surface area (Å²) in [4.78, 5) is 15.8. The van der Waals surface area contributed by atoms with Crippen molar-refractivity contribution in [3.8, 4) is 0 Å². The number of alkyl halides is 3. The van der Waals surface area contributed by atoms with Gasteiger partial charge in [-0.3, -0.25) is 4.79 Å². The van der Waals surface area contributed by atoms with Gasteiger partial charge in [0.1, 0.15) is 12.3 Å². The first-order valence-corrected chi connectivity index (χ1v) is 7.41. The second kappa shape index (κ2) is 6.61. The lowest BCUT2D eigenvalue weighted by atomic mass is 9.92. The van der Waals surface area contributed by atoms with Gasteiger partial charge in [0.05, 0.1) is 6.10 Å². The molecule has 0 aromatic carbocycles. The number of anilines is 1. The second-order valence-corrected chi connectivity index (χ2v) is 5.85. The highest BCUT2D eigenvalue weighted by Gasteiger charge is 2.31. The molecule has 2 atom stereocenters. The van der Waals surface area contributed by atoms with Crippen molar-refractivity contribution in [2.75, 3.05) is 12.3 Å². The zero-order valence-corrected chi connectivity index (χ0v) is 12.0. The monoisotopic (exact) mass is 323 g/mol. The molecule has 2 unspecified atom stereocenters. The van der Waals surface area contributed by atoms with E-state index in [2.05, 4.69) is 10.3 Å². The predicted octanol–water partition coefficient (Wildman–Crippen LogP) is 2.35. The van der Waals surface area contributed by atoms with Crippen LogP contribution in [0.5, 0.6) is 0 Å². The first kappa shape index (κ1) is 16.0. The standard InChI is InChI=1S/C12H16F3N3O2S/c13-12(14,15)6-20-8-3-1-2-7(4-8)17-10(19)9-5-21-11(16)18-9/h5,7-8H,1-4,6H2,(H2,16,18)(H,17,19). The van der Waals surface area contributed by atoms with Crippen molar-refractivity contribution in [2.45, 2.75) is 44.0 Å². The quantitative estimate of drug-likeness (QED) is 0.891. The van der Waals surface area contributed by atoms with E-state index in [-0.39, 0.29) is 17.6 Å². The Kier molecular flexibility index (Phi) is 5.04. The van der Waals surface area contributed by atoms with Crippen molar-refractivity contribution in [3.63, 3.8) is 0 Å². The number of thiazole rings is 1. The molecule has 0 spiro atoms. The van der Waals surface area contributed by atoms with Crippen molar-refractivity contribution in [1.82, 2.24) is 10.3 Å². The molecule has 1 fully saturated rings. The Balaban J connectivity index is 1.82. The van der Waals surface area contributed by atoms with Crippen LogP contribution in [0.15, 0.2) is 5.38 Å². The molecular formula is C12H16F3N3O2S. The fourth-order valence-electron chi connectivity index (χ4n) is 2.29. The molecule has 1 aromatic heterocycles. The summed E-state index contributed by atoms with van der Waals surface area (Å²) in [5.41, 5.74) is 5.69. The minimum absolute atomic E-state index is 0.201. The van der Waals surface area contributed by atoms with Gasteiger partial charge < -0.3 is 15.8 Å². The van der Waals surface area contributed by atoms with Gasteiger partial charge in [0.15, 0.2) is 5.13 Å². The van der Waals surface area contributed by atoms with Crippen LogP contribution in [0.4, 0.5) is 18.3 Å². The van der Waals surface area contributed by atoms with Crippen LogP contribution < -0.4 is 11.1 Å². The predicted molar refractivity (Wildman–Crippen MR) is 72.0 cm³/mol. The highest BCUT2D eigenvalue weighted by molar-refractivity contribution is 7.13. The Morgan fingerprint density at radius 2 is 2.29 bits per heavy atom. The maximum absolute atomic E-state index is 12.1. The van der Waals surface area contributed by atoms with Gasteiger partial charge >= 0.3 is 6.18 Å². The largest absolute Gasteiger partial charge is 0.411 e. The Morgan fingerprint density at radius 3 is 2.90 bits per heavy atom. The van der Waals surface area contributed by atoms with E-state index in [1.54, 1.807) is 5.38 Å². The zero-order chi connectivity index (χ0) is 15.5. The number of carbonyl (C=O) groups is 1. The molecule has 1 heterocycles. The fourth-order valence-corrected chi connectivity index (χ4v) is 2.83. The minimum Gasteiger partial charge on any atom is -0.375 e. The number of hydrogen-bond donors (Lipinski definition) is 2. The molecule has 9 heteroatoms. The third kappa shape index (κ3) is 5.16. The number of rotatable bonds is 4. The molecule has 1 saturated carbocycles. The van der Waals surface area contributed by atoms with E-state index in [0.29, 0.717) is 24.4 Å². The highest BCUT2D eigenvalue weighted by Crippen LogP contribution is 2.24. The van der Waals surface area contributed by atoms with Crippen LogP contribution >= 0.6 is 11.3 Å². The van der Waals surface area contributed by atoms with E-state index in [1.807, 2.05) is 0 Å². The molecule has 0 radical (unpaired) electrons. The van der Waals surface area contributed by atoms with Crippen molar-refractivity contribution >= 4 is 22.4 Å². The number of nitrogen functional groups attached to an aromatic ring is 1. The fraction of sp³-hybridized carbons (Fsp3) is 0.667. The van der Waals surface area contributed by atoms with Crippen molar-refractivity contribution < 1.29 is 22.7 Å². The van der Waals surface area contributed by atoms with Crippen molar-refractivity contribution in [2.24, 2.45) is 0 Å². The molecule has 118 valence electrons. The number of halogens is 3. The lowest BCUT2D eigenvalue weighted by molar-refractivity contribution is -0.188. The smallest absolute Gasteiger partial charge is 0.375 e. The number of nitrogens with zero attached hydrogens (tertiary/aromatic N) is 1. The summed E-state index contributed by atoms with van der Waals surface area (Å²) in [7, 11) is 0. The van der Waals surface area contributed by atoms with E-state index in [4.69, 9.17) is 10.5 Å². The van der Waals surface area contributed by atoms with Crippen molar-refractivity contribution in [3.05, 3.63) is 11.1 Å². The second-order valence-electron chi connectivity index (χ2n) is 4.96. The van der Waals surface area contributed by atoms with Crippen LogP contribution in [0.1, 0.15) is 36.2 Å². The summed E-state index contributed by atoms with van der Waals surface area (Å²) in [6.07, 6.45) is -2.42. The first-order valence-electron chi connectivity index (χ1n) is 6.54.